The van der Waals surface area contributed by atoms with E-state index in [-0.39, 0.29) is 12.0 Å². The van der Waals surface area contributed by atoms with E-state index in [0.717, 1.165) is 45.3 Å². The van der Waals surface area contributed by atoms with E-state index < -0.39 is 0 Å². The van der Waals surface area contributed by atoms with Crippen LogP contribution < -0.4 is 0 Å². The summed E-state index contributed by atoms with van der Waals surface area (Å²) in [6, 6.07) is 0. The smallest absolute Gasteiger partial charge is 0.224 e. The number of carbonyl (C=O) groups excluding carboxylic acids is 1. The van der Waals surface area contributed by atoms with Crippen molar-refractivity contribution in [3.63, 3.8) is 0 Å². The zero-order valence-electron chi connectivity index (χ0n) is 10.1. The van der Waals surface area contributed by atoms with Crippen molar-refractivity contribution in [1.29, 1.82) is 0 Å². The number of unbranched alkanes of at least 4 members (excludes halogenated alkanes) is 2. The Morgan fingerprint density at radius 3 is 2.88 bits per heavy atom. The highest BCUT2D eigenvalue weighted by Gasteiger charge is 2.20. The number of nitrogens with zero attached hydrogens (tertiary/aromatic N) is 1. The minimum absolute atomic E-state index is 0.165. The molecular weight excluding hydrogens is 226 g/mol. The molecule has 3 nitrogen and oxygen atoms in total. The van der Waals surface area contributed by atoms with Gasteiger partial charge < -0.3 is 9.64 Å². The van der Waals surface area contributed by atoms with E-state index in [9.17, 15) is 4.79 Å². The van der Waals surface area contributed by atoms with Gasteiger partial charge in [-0.3, -0.25) is 4.79 Å². The van der Waals surface area contributed by atoms with Crippen LogP contribution in [0, 0.1) is 0 Å². The van der Waals surface area contributed by atoms with Crippen molar-refractivity contribution < 1.29 is 9.53 Å². The van der Waals surface area contributed by atoms with Crippen LogP contribution in [0.4, 0.5) is 0 Å². The summed E-state index contributed by atoms with van der Waals surface area (Å²) < 4.78 is 5.45. The minimum atomic E-state index is 0.165. The van der Waals surface area contributed by atoms with Crippen LogP contribution in [0.2, 0.25) is 0 Å². The fourth-order valence-electron chi connectivity index (χ4n) is 1.90. The van der Waals surface area contributed by atoms with Crippen LogP contribution >= 0.6 is 11.6 Å². The highest BCUT2D eigenvalue weighted by atomic mass is 35.5. The molecule has 1 heterocycles. The zero-order chi connectivity index (χ0) is 11.8. The van der Waals surface area contributed by atoms with E-state index in [0.29, 0.717) is 12.3 Å². The van der Waals surface area contributed by atoms with Gasteiger partial charge in [-0.15, -0.1) is 11.6 Å². The summed E-state index contributed by atoms with van der Waals surface area (Å²) in [4.78, 5) is 13.6. The molecule has 1 fully saturated rings. The lowest BCUT2D eigenvalue weighted by molar-refractivity contribution is -0.132. The van der Waals surface area contributed by atoms with Crippen LogP contribution in [0.3, 0.4) is 0 Å². The average molecular weight is 248 g/mol. The Bertz CT molecular complexity index is 205. The summed E-state index contributed by atoms with van der Waals surface area (Å²) in [7, 11) is 1.87. The summed E-state index contributed by atoms with van der Waals surface area (Å²) in [5.41, 5.74) is 0. The van der Waals surface area contributed by atoms with Gasteiger partial charge in [0.15, 0.2) is 0 Å². The van der Waals surface area contributed by atoms with Crippen LogP contribution in [0.5, 0.6) is 0 Å². The molecule has 4 heteroatoms. The van der Waals surface area contributed by atoms with E-state index in [1.165, 1.54) is 0 Å². The number of rotatable bonds is 7. The summed E-state index contributed by atoms with van der Waals surface area (Å²) in [5.74, 6) is 0.922. The third-order valence-electron chi connectivity index (χ3n) is 2.98. The molecule has 0 saturated carbocycles. The average Bonchev–Trinajstić information content (AvgIpc) is 2.76. The van der Waals surface area contributed by atoms with Gasteiger partial charge in [-0.25, -0.2) is 0 Å². The summed E-state index contributed by atoms with van der Waals surface area (Å²) in [6.07, 6.45) is 6.02. The maximum Gasteiger partial charge on any atom is 0.224 e. The van der Waals surface area contributed by atoms with E-state index >= 15 is 0 Å². The normalized spacial score (nSPS) is 20.0. The number of hydrogen-bond donors (Lipinski definition) is 0. The predicted molar refractivity (Wildman–Crippen MR) is 65.8 cm³/mol. The SMILES string of the molecule is CN(CCCCCCl)C(=O)CC1CCCO1. The van der Waals surface area contributed by atoms with Gasteiger partial charge in [0, 0.05) is 26.1 Å². The molecule has 0 aliphatic carbocycles. The van der Waals surface area contributed by atoms with Crippen LogP contribution in [-0.2, 0) is 9.53 Å². The van der Waals surface area contributed by atoms with Crippen LogP contribution in [-0.4, -0.2) is 43.0 Å². The van der Waals surface area contributed by atoms with E-state index in [1.54, 1.807) is 0 Å². The fourth-order valence-corrected chi connectivity index (χ4v) is 2.09. The quantitative estimate of drug-likeness (QED) is 0.511. The van der Waals surface area contributed by atoms with Gasteiger partial charge in [-0.1, -0.05) is 6.42 Å². The first-order valence-electron chi connectivity index (χ1n) is 6.15. The molecule has 0 radical (unpaired) electrons. The first-order valence-corrected chi connectivity index (χ1v) is 6.69. The molecule has 0 aromatic carbocycles. The lowest BCUT2D eigenvalue weighted by Gasteiger charge is -2.19. The van der Waals surface area contributed by atoms with Crippen LogP contribution in [0.15, 0.2) is 0 Å². The monoisotopic (exact) mass is 247 g/mol. The summed E-state index contributed by atoms with van der Waals surface area (Å²) in [5, 5.41) is 0. The van der Waals surface area contributed by atoms with E-state index in [4.69, 9.17) is 16.3 Å². The molecule has 1 aliphatic heterocycles. The Morgan fingerprint density at radius 2 is 2.25 bits per heavy atom. The Morgan fingerprint density at radius 1 is 1.44 bits per heavy atom. The Hall–Kier alpha value is -0.280. The molecule has 1 atom stereocenters. The van der Waals surface area contributed by atoms with Gasteiger partial charge in [0.05, 0.1) is 12.5 Å². The minimum Gasteiger partial charge on any atom is -0.378 e. The van der Waals surface area contributed by atoms with E-state index in [2.05, 4.69) is 0 Å². The first-order chi connectivity index (χ1) is 7.74. The number of halogens is 1. The second kappa shape index (κ2) is 7.91. The maximum atomic E-state index is 11.8. The zero-order valence-corrected chi connectivity index (χ0v) is 10.8. The molecule has 0 bridgehead atoms. The standard InChI is InChI=1S/C12H22ClNO2/c1-14(8-4-2-3-7-13)12(15)10-11-6-5-9-16-11/h11H,2-10H2,1H3. The van der Waals surface area contributed by atoms with Crippen molar-refractivity contribution in [3.8, 4) is 0 Å². The molecule has 1 saturated heterocycles. The Labute approximate surface area is 103 Å². The van der Waals surface area contributed by atoms with Gasteiger partial charge >= 0.3 is 0 Å². The molecule has 0 N–H and O–H groups in total. The van der Waals surface area contributed by atoms with Gasteiger partial charge in [-0.2, -0.15) is 0 Å². The van der Waals surface area contributed by atoms with Crippen molar-refractivity contribution in [3.05, 3.63) is 0 Å². The first kappa shape index (κ1) is 13.8. The van der Waals surface area contributed by atoms with Crippen LogP contribution in [0.25, 0.3) is 0 Å². The molecule has 0 aromatic heterocycles. The molecule has 94 valence electrons. The number of hydrogen-bond acceptors (Lipinski definition) is 2. The molecule has 0 aromatic rings. The van der Waals surface area contributed by atoms with Gasteiger partial charge in [-0.05, 0) is 25.7 Å². The second-order valence-corrected chi connectivity index (χ2v) is 4.78. The number of ether oxygens (including phenoxy) is 1. The Kier molecular flexibility index (Phi) is 6.81. The molecule has 1 amide bonds. The van der Waals surface area contributed by atoms with Crippen molar-refractivity contribution in [2.75, 3.05) is 26.1 Å². The molecule has 0 spiro atoms. The van der Waals surface area contributed by atoms with Crippen molar-refractivity contribution in [2.24, 2.45) is 0 Å². The van der Waals surface area contributed by atoms with Crippen molar-refractivity contribution in [2.45, 2.75) is 44.6 Å². The van der Waals surface area contributed by atoms with Crippen molar-refractivity contribution in [1.82, 2.24) is 4.90 Å². The lowest BCUT2D eigenvalue weighted by atomic mass is 10.1. The number of amides is 1. The molecular formula is C12H22ClNO2. The largest absolute Gasteiger partial charge is 0.378 e. The number of alkyl halides is 1. The highest BCUT2D eigenvalue weighted by Crippen LogP contribution is 2.16. The van der Waals surface area contributed by atoms with Gasteiger partial charge in [0.1, 0.15) is 0 Å². The molecule has 16 heavy (non-hydrogen) atoms. The third kappa shape index (κ3) is 5.17. The fraction of sp³-hybridized carbons (Fsp3) is 0.917. The van der Waals surface area contributed by atoms with Gasteiger partial charge in [0.2, 0.25) is 5.91 Å². The highest BCUT2D eigenvalue weighted by molar-refractivity contribution is 6.17. The third-order valence-corrected chi connectivity index (χ3v) is 3.25. The Balaban J connectivity index is 2.09. The number of carbonyl (C=O) groups is 1. The maximum absolute atomic E-state index is 11.8. The summed E-state index contributed by atoms with van der Waals surface area (Å²) >= 11 is 5.60. The summed E-state index contributed by atoms with van der Waals surface area (Å²) in [6.45, 7) is 1.65. The molecule has 1 unspecified atom stereocenters. The molecule has 1 rings (SSSR count). The van der Waals surface area contributed by atoms with E-state index in [1.807, 2.05) is 11.9 Å². The van der Waals surface area contributed by atoms with Crippen LogP contribution in [0.1, 0.15) is 38.5 Å². The lowest BCUT2D eigenvalue weighted by Crippen LogP contribution is -2.30. The predicted octanol–water partition coefficient (Wildman–Crippen LogP) is 2.42. The second-order valence-electron chi connectivity index (χ2n) is 4.40. The molecule has 1 aliphatic rings. The van der Waals surface area contributed by atoms with Gasteiger partial charge in [0.25, 0.3) is 0 Å². The van der Waals surface area contributed by atoms with Crippen molar-refractivity contribution >= 4 is 17.5 Å². The topological polar surface area (TPSA) is 29.5 Å².